The highest BCUT2D eigenvalue weighted by Crippen LogP contribution is 2.31. The van der Waals surface area contributed by atoms with Crippen LogP contribution in [0.2, 0.25) is 0 Å². The Hall–Kier alpha value is -2.44. The molecular formula is C18H27N3O4. The van der Waals surface area contributed by atoms with E-state index in [1.54, 1.807) is 21.1 Å². The van der Waals surface area contributed by atoms with Crippen LogP contribution in [0.4, 0.5) is 10.5 Å². The number of methoxy groups -OCH3 is 1. The Bertz CT molecular complexity index is 593. The maximum absolute atomic E-state index is 12.0. The standard InChI is InChI=1S/C18H27N3O4/c1-4-25-18(23)20(2)13-17(22)19-11-14-9-10-21(12-14)15-7-5-6-8-16(15)24-3/h5-8,14H,4,9-13H2,1-3H3,(H,19,22). The van der Waals surface area contributed by atoms with Crippen molar-refractivity contribution in [3.63, 3.8) is 0 Å². The molecule has 2 amide bonds. The lowest BCUT2D eigenvalue weighted by Gasteiger charge is -2.21. The Kier molecular flexibility index (Phi) is 6.91. The van der Waals surface area contributed by atoms with Crippen molar-refractivity contribution in [2.75, 3.05) is 51.8 Å². The summed E-state index contributed by atoms with van der Waals surface area (Å²) in [6.45, 7) is 4.44. The second-order valence-corrected chi connectivity index (χ2v) is 6.13. The van der Waals surface area contributed by atoms with Crippen LogP contribution in [0.3, 0.4) is 0 Å². The highest BCUT2D eigenvalue weighted by Gasteiger charge is 2.25. The molecule has 1 aliphatic heterocycles. The van der Waals surface area contributed by atoms with Gasteiger partial charge in [-0.25, -0.2) is 4.79 Å². The van der Waals surface area contributed by atoms with Gasteiger partial charge in [0.1, 0.15) is 12.3 Å². The van der Waals surface area contributed by atoms with Crippen molar-refractivity contribution in [3.8, 4) is 5.75 Å². The van der Waals surface area contributed by atoms with Crippen molar-refractivity contribution in [1.82, 2.24) is 10.2 Å². The van der Waals surface area contributed by atoms with Gasteiger partial charge in [0.25, 0.3) is 0 Å². The van der Waals surface area contributed by atoms with Crippen molar-refractivity contribution in [3.05, 3.63) is 24.3 Å². The van der Waals surface area contributed by atoms with Gasteiger partial charge in [-0.1, -0.05) is 12.1 Å². The number of nitrogens with zero attached hydrogens (tertiary/aromatic N) is 2. The van der Waals surface area contributed by atoms with Gasteiger partial charge in [0.15, 0.2) is 0 Å². The fourth-order valence-electron chi connectivity index (χ4n) is 2.94. The van der Waals surface area contributed by atoms with Crippen molar-refractivity contribution in [1.29, 1.82) is 0 Å². The smallest absolute Gasteiger partial charge is 0.409 e. The van der Waals surface area contributed by atoms with Gasteiger partial charge >= 0.3 is 6.09 Å². The molecule has 0 aromatic heterocycles. The minimum atomic E-state index is -0.485. The summed E-state index contributed by atoms with van der Waals surface area (Å²) in [5.74, 6) is 1.07. The number of para-hydroxylation sites is 2. The zero-order valence-electron chi connectivity index (χ0n) is 15.2. The first kappa shape index (κ1) is 18.9. The molecular weight excluding hydrogens is 322 g/mol. The number of ether oxygens (including phenoxy) is 2. The second kappa shape index (κ2) is 9.15. The number of likely N-dealkylation sites (N-methyl/N-ethyl adjacent to an activating group) is 1. The number of nitrogens with one attached hydrogen (secondary N) is 1. The molecule has 0 saturated carbocycles. The number of anilines is 1. The molecule has 0 bridgehead atoms. The Morgan fingerprint density at radius 2 is 2.12 bits per heavy atom. The maximum atomic E-state index is 12.0. The summed E-state index contributed by atoms with van der Waals surface area (Å²) in [6.07, 6.45) is 0.521. The van der Waals surface area contributed by atoms with Gasteiger partial charge in [-0.05, 0) is 31.4 Å². The van der Waals surface area contributed by atoms with E-state index < -0.39 is 6.09 Å². The van der Waals surface area contributed by atoms with Gasteiger partial charge in [0.05, 0.1) is 19.4 Å². The lowest BCUT2D eigenvalue weighted by molar-refractivity contribution is -0.121. The molecule has 1 N–H and O–H groups in total. The predicted octanol–water partition coefficient (Wildman–Crippen LogP) is 1.73. The van der Waals surface area contributed by atoms with Crippen LogP contribution in [0, 0.1) is 5.92 Å². The minimum Gasteiger partial charge on any atom is -0.495 e. The van der Waals surface area contributed by atoms with Crippen LogP contribution in [0.5, 0.6) is 5.75 Å². The van der Waals surface area contributed by atoms with Crippen molar-refractivity contribution in [2.45, 2.75) is 13.3 Å². The van der Waals surface area contributed by atoms with E-state index in [1.165, 1.54) is 4.90 Å². The molecule has 0 aliphatic carbocycles. The number of carbonyl (C=O) groups is 2. The van der Waals surface area contributed by atoms with Crippen LogP contribution in [0.15, 0.2) is 24.3 Å². The molecule has 1 saturated heterocycles. The van der Waals surface area contributed by atoms with E-state index in [9.17, 15) is 9.59 Å². The third kappa shape index (κ3) is 5.27. The summed E-state index contributed by atoms with van der Waals surface area (Å²) in [7, 11) is 3.23. The zero-order chi connectivity index (χ0) is 18.2. The summed E-state index contributed by atoms with van der Waals surface area (Å²) in [4.78, 5) is 27.0. The number of amides is 2. The Morgan fingerprint density at radius 1 is 1.36 bits per heavy atom. The topological polar surface area (TPSA) is 71.1 Å². The average molecular weight is 349 g/mol. The van der Waals surface area contributed by atoms with Gasteiger partial charge < -0.3 is 24.6 Å². The van der Waals surface area contributed by atoms with Gasteiger partial charge in [0, 0.05) is 26.7 Å². The van der Waals surface area contributed by atoms with E-state index in [0.717, 1.165) is 30.9 Å². The van der Waals surface area contributed by atoms with E-state index in [2.05, 4.69) is 10.2 Å². The minimum absolute atomic E-state index is 0.00176. The number of hydrogen-bond donors (Lipinski definition) is 1. The first-order valence-corrected chi connectivity index (χ1v) is 8.57. The first-order valence-electron chi connectivity index (χ1n) is 8.57. The highest BCUT2D eigenvalue weighted by atomic mass is 16.6. The van der Waals surface area contributed by atoms with Crippen LogP contribution >= 0.6 is 0 Å². The fourth-order valence-corrected chi connectivity index (χ4v) is 2.94. The molecule has 2 rings (SSSR count). The van der Waals surface area contributed by atoms with Gasteiger partial charge in [-0.15, -0.1) is 0 Å². The predicted molar refractivity (Wildman–Crippen MR) is 96.0 cm³/mol. The molecule has 0 spiro atoms. The fraction of sp³-hybridized carbons (Fsp3) is 0.556. The summed E-state index contributed by atoms with van der Waals surface area (Å²) in [5.41, 5.74) is 1.08. The van der Waals surface area contributed by atoms with Gasteiger partial charge in [0.2, 0.25) is 5.91 Å². The highest BCUT2D eigenvalue weighted by molar-refractivity contribution is 5.82. The van der Waals surface area contributed by atoms with E-state index in [-0.39, 0.29) is 12.5 Å². The van der Waals surface area contributed by atoms with Crippen LogP contribution < -0.4 is 15.0 Å². The lowest BCUT2D eigenvalue weighted by atomic mass is 10.1. The molecule has 7 heteroatoms. The SMILES string of the molecule is CCOC(=O)N(C)CC(=O)NCC1CCN(c2ccccc2OC)C1. The van der Waals surface area contributed by atoms with Crippen molar-refractivity contribution < 1.29 is 19.1 Å². The van der Waals surface area contributed by atoms with Crippen LogP contribution in [0.25, 0.3) is 0 Å². The molecule has 1 aliphatic rings. The third-order valence-electron chi connectivity index (χ3n) is 4.26. The first-order chi connectivity index (χ1) is 12.0. The van der Waals surface area contributed by atoms with Crippen LogP contribution in [-0.2, 0) is 9.53 Å². The molecule has 138 valence electrons. The van der Waals surface area contributed by atoms with Crippen molar-refractivity contribution in [2.24, 2.45) is 5.92 Å². The summed E-state index contributed by atoms with van der Waals surface area (Å²) in [5, 5.41) is 2.91. The molecule has 0 radical (unpaired) electrons. The number of carbonyl (C=O) groups excluding carboxylic acids is 2. The quantitative estimate of drug-likeness (QED) is 0.812. The normalized spacial score (nSPS) is 16.4. The molecule has 1 heterocycles. The van der Waals surface area contributed by atoms with Crippen molar-refractivity contribution >= 4 is 17.7 Å². The number of benzene rings is 1. The van der Waals surface area contributed by atoms with E-state index >= 15 is 0 Å². The lowest BCUT2D eigenvalue weighted by Crippen LogP contribution is -2.40. The van der Waals surface area contributed by atoms with Gasteiger partial charge in [-0.2, -0.15) is 0 Å². The maximum Gasteiger partial charge on any atom is 0.409 e. The van der Waals surface area contributed by atoms with Gasteiger partial charge in [-0.3, -0.25) is 4.79 Å². The van der Waals surface area contributed by atoms with E-state index in [0.29, 0.717) is 19.1 Å². The summed E-state index contributed by atoms with van der Waals surface area (Å²) in [6, 6.07) is 7.96. The van der Waals surface area contributed by atoms with E-state index in [1.807, 2.05) is 24.3 Å². The Balaban J connectivity index is 1.78. The summed E-state index contributed by atoms with van der Waals surface area (Å²) >= 11 is 0. The second-order valence-electron chi connectivity index (χ2n) is 6.13. The molecule has 1 atom stereocenters. The molecule has 1 aromatic carbocycles. The number of hydrogen-bond acceptors (Lipinski definition) is 5. The number of rotatable bonds is 7. The average Bonchev–Trinajstić information content (AvgIpc) is 3.09. The molecule has 25 heavy (non-hydrogen) atoms. The third-order valence-corrected chi connectivity index (χ3v) is 4.26. The monoisotopic (exact) mass is 349 g/mol. The summed E-state index contributed by atoms with van der Waals surface area (Å²) < 4.78 is 10.3. The largest absolute Gasteiger partial charge is 0.495 e. The van der Waals surface area contributed by atoms with Crippen LogP contribution in [-0.4, -0.2) is 63.8 Å². The zero-order valence-corrected chi connectivity index (χ0v) is 15.2. The molecule has 1 aromatic rings. The van der Waals surface area contributed by atoms with E-state index in [4.69, 9.17) is 9.47 Å². The Morgan fingerprint density at radius 3 is 2.84 bits per heavy atom. The molecule has 1 fully saturated rings. The Labute approximate surface area is 148 Å². The molecule has 1 unspecified atom stereocenters. The van der Waals surface area contributed by atoms with Crippen LogP contribution in [0.1, 0.15) is 13.3 Å². The molecule has 7 nitrogen and oxygen atoms in total.